The minimum Gasteiger partial charge on any atom is -0.495 e. The maximum absolute atomic E-state index is 13.3. The van der Waals surface area contributed by atoms with Crippen molar-refractivity contribution in [3.05, 3.63) is 124 Å². The molecule has 8 heteroatoms. The fourth-order valence-corrected chi connectivity index (χ4v) is 6.00. The largest absolute Gasteiger partial charge is 0.495 e. The lowest BCUT2D eigenvalue weighted by Gasteiger charge is -2.44. The van der Waals surface area contributed by atoms with Crippen molar-refractivity contribution < 1.29 is 14.3 Å². The van der Waals surface area contributed by atoms with Crippen LogP contribution in [0.1, 0.15) is 34.0 Å². The van der Waals surface area contributed by atoms with Gasteiger partial charge in [-0.15, -0.1) is 0 Å². The number of hydrogen-bond acceptors (Lipinski definition) is 5. The van der Waals surface area contributed by atoms with Gasteiger partial charge in [0.25, 0.3) is 11.5 Å². The van der Waals surface area contributed by atoms with E-state index in [1.807, 2.05) is 65.2 Å². The summed E-state index contributed by atoms with van der Waals surface area (Å²) >= 11 is 0. The molecule has 2 N–H and O–H groups in total. The van der Waals surface area contributed by atoms with Crippen molar-refractivity contribution in [1.82, 2.24) is 4.57 Å². The minimum absolute atomic E-state index is 0.0409. The first-order chi connectivity index (χ1) is 20.5. The van der Waals surface area contributed by atoms with Crippen molar-refractivity contribution in [3.8, 4) is 5.75 Å². The summed E-state index contributed by atoms with van der Waals surface area (Å²) in [5.41, 5.74) is 4.36. The Hall–Kier alpha value is -5.11. The van der Waals surface area contributed by atoms with Gasteiger partial charge in [0.15, 0.2) is 0 Å². The highest BCUT2D eigenvalue weighted by Gasteiger charge is 2.35. The van der Waals surface area contributed by atoms with Crippen molar-refractivity contribution in [2.24, 2.45) is 5.92 Å². The Labute approximate surface area is 244 Å². The Kier molecular flexibility index (Phi) is 7.60. The van der Waals surface area contributed by atoms with Crippen LogP contribution in [0.3, 0.4) is 0 Å². The highest BCUT2D eigenvalue weighted by molar-refractivity contribution is 6.08. The predicted molar refractivity (Wildman–Crippen MR) is 165 cm³/mol. The number of rotatable bonds is 7. The normalized spacial score (nSPS) is 17.4. The summed E-state index contributed by atoms with van der Waals surface area (Å²) in [6.07, 6.45) is 4.27. The van der Waals surface area contributed by atoms with Crippen molar-refractivity contribution in [3.63, 3.8) is 0 Å². The van der Waals surface area contributed by atoms with Gasteiger partial charge in [-0.3, -0.25) is 14.4 Å². The lowest BCUT2D eigenvalue weighted by Crippen LogP contribution is -2.47. The average Bonchev–Trinajstić information content (AvgIpc) is 3.01. The molecule has 0 aliphatic carbocycles. The van der Waals surface area contributed by atoms with Gasteiger partial charge in [-0.1, -0.05) is 48.5 Å². The quantitative estimate of drug-likeness (QED) is 0.296. The van der Waals surface area contributed by atoms with E-state index >= 15 is 0 Å². The van der Waals surface area contributed by atoms with Gasteiger partial charge in [0.1, 0.15) is 5.75 Å². The van der Waals surface area contributed by atoms with Gasteiger partial charge < -0.3 is 24.8 Å². The standard InChI is InChI=1S/C34H32N4O4/c1-42-31-12-6-5-10-27(31)36-34(41)25-15-16-30(28(19-25)35-32(39)17-14-23-8-3-2-4-9-23)37-20-24-18-26(22-37)29-11-7-13-33(40)38(29)21-24/h2-17,19,24,26H,18,20-22H2,1H3,(H,35,39)(H,36,41). The number of amides is 2. The first-order valence-corrected chi connectivity index (χ1v) is 14.1. The number of nitrogens with zero attached hydrogens (tertiary/aromatic N) is 2. The van der Waals surface area contributed by atoms with Crippen LogP contribution in [-0.2, 0) is 11.3 Å². The number of carbonyl (C=O) groups excluding carboxylic acids is 2. The zero-order valence-electron chi connectivity index (χ0n) is 23.3. The van der Waals surface area contributed by atoms with Crippen LogP contribution >= 0.6 is 0 Å². The van der Waals surface area contributed by atoms with Gasteiger partial charge >= 0.3 is 0 Å². The van der Waals surface area contributed by atoms with Gasteiger partial charge in [-0.05, 0) is 60.4 Å². The van der Waals surface area contributed by atoms with E-state index in [9.17, 15) is 14.4 Å². The van der Waals surface area contributed by atoms with Crippen LogP contribution in [0.15, 0.2) is 102 Å². The number of carbonyl (C=O) groups is 2. The number of hydrogen-bond donors (Lipinski definition) is 2. The van der Waals surface area contributed by atoms with Crippen LogP contribution in [-0.4, -0.2) is 36.6 Å². The molecular weight excluding hydrogens is 528 g/mol. The molecule has 3 aromatic carbocycles. The second-order valence-electron chi connectivity index (χ2n) is 10.7. The Balaban J connectivity index is 1.30. The van der Waals surface area contributed by atoms with Crippen molar-refractivity contribution in [2.45, 2.75) is 18.9 Å². The topological polar surface area (TPSA) is 92.7 Å². The summed E-state index contributed by atoms with van der Waals surface area (Å²) in [4.78, 5) is 41.2. The summed E-state index contributed by atoms with van der Waals surface area (Å²) in [6.45, 7) is 2.12. The first kappa shape index (κ1) is 27.1. The summed E-state index contributed by atoms with van der Waals surface area (Å²) in [7, 11) is 1.55. The SMILES string of the molecule is COc1ccccc1NC(=O)c1ccc(N2CC3CC(C2)c2cccc(=O)n2C3)c(NC(=O)C=Cc2ccccc2)c1. The molecule has 2 unspecified atom stereocenters. The van der Waals surface area contributed by atoms with Crippen molar-refractivity contribution >= 4 is 35.0 Å². The van der Waals surface area contributed by atoms with E-state index in [4.69, 9.17) is 4.74 Å². The first-order valence-electron chi connectivity index (χ1n) is 14.1. The van der Waals surface area contributed by atoms with Crippen LogP contribution in [0, 0.1) is 5.92 Å². The molecule has 1 aromatic heterocycles. The third-order valence-corrected chi connectivity index (χ3v) is 7.92. The third-order valence-electron chi connectivity index (χ3n) is 7.92. The van der Waals surface area contributed by atoms with Gasteiger partial charge in [-0.2, -0.15) is 0 Å². The summed E-state index contributed by atoms with van der Waals surface area (Å²) < 4.78 is 7.28. The number of benzene rings is 3. The van der Waals surface area contributed by atoms with Gasteiger partial charge in [0.2, 0.25) is 5.91 Å². The Morgan fingerprint density at radius 2 is 1.67 bits per heavy atom. The number of anilines is 3. The smallest absolute Gasteiger partial charge is 0.255 e. The molecule has 2 bridgehead atoms. The number of methoxy groups -OCH3 is 1. The molecule has 6 rings (SSSR count). The fraction of sp³-hybridized carbons (Fsp3) is 0.206. The van der Waals surface area contributed by atoms with Crippen LogP contribution in [0.25, 0.3) is 6.08 Å². The second kappa shape index (κ2) is 11.8. The second-order valence-corrected chi connectivity index (χ2v) is 10.7. The van der Waals surface area contributed by atoms with E-state index in [0.29, 0.717) is 41.7 Å². The van der Waals surface area contributed by atoms with Crippen molar-refractivity contribution in [1.29, 1.82) is 0 Å². The molecule has 0 spiro atoms. The summed E-state index contributed by atoms with van der Waals surface area (Å²) in [5.74, 6) is 0.441. The maximum atomic E-state index is 13.3. The molecule has 1 fully saturated rings. The van der Waals surface area contributed by atoms with Crippen LogP contribution in [0.5, 0.6) is 5.75 Å². The molecule has 0 saturated carbocycles. The van der Waals surface area contributed by atoms with Gasteiger partial charge in [-0.25, -0.2) is 0 Å². The number of aromatic nitrogens is 1. The zero-order valence-corrected chi connectivity index (χ0v) is 23.3. The number of fused-ring (bicyclic) bond motifs is 4. The monoisotopic (exact) mass is 560 g/mol. The Morgan fingerprint density at radius 3 is 2.50 bits per heavy atom. The maximum Gasteiger partial charge on any atom is 0.255 e. The number of piperidine rings is 1. The molecule has 2 aliphatic rings. The number of nitrogens with one attached hydrogen (secondary N) is 2. The summed E-state index contributed by atoms with van der Waals surface area (Å²) in [6, 6.07) is 27.7. The zero-order chi connectivity index (χ0) is 29.1. The molecular formula is C34H32N4O4. The van der Waals surface area contributed by atoms with E-state index in [1.54, 1.807) is 43.5 Å². The van der Waals surface area contributed by atoms with Crippen LogP contribution in [0.4, 0.5) is 17.1 Å². The molecule has 8 nitrogen and oxygen atoms in total. The number of ether oxygens (including phenoxy) is 1. The molecule has 0 radical (unpaired) electrons. The van der Waals surface area contributed by atoms with Gasteiger partial charge in [0.05, 0.1) is 24.2 Å². The lowest BCUT2D eigenvalue weighted by atomic mass is 9.83. The van der Waals surface area contributed by atoms with Crippen LogP contribution in [0.2, 0.25) is 0 Å². The minimum atomic E-state index is -0.315. The molecule has 2 amide bonds. The highest BCUT2D eigenvalue weighted by atomic mass is 16.5. The lowest BCUT2D eigenvalue weighted by molar-refractivity contribution is -0.111. The van der Waals surface area contributed by atoms with E-state index in [2.05, 4.69) is 15.5 Å². The number of pyridine rings is 1. The average molecular weight is 561 g/mol. The molecule has 2 atom stereocenters. The molecule has 4 aromatic rings. The molecule has 1 saturated heterocycles. The predicted octanol–water partition coefficient (Wildman–Crippen LogP) is 5.38. The molecule has 2 aliphatic heterocycles. The molecule has 3 heterocycles. The number of para-hydroxylation sites is 2. The Morgan fingerprint density at radius 1 is 0.857 bits per heavy atom. The van der Waals surface area contributed by atoms with E-state index in [0.717, 1.165) is 29.9 Å². The van der Waals surface area contributed by atoms with Crippen LogP contribution < -0.4 is 25.8 Å². The summed E-state index contributed by atoms with van der Waals surface area (Å²) in [5, 5.41) is 5.94. The van der Waals surface area contributed by atoms with E-state index in [-0.39, 0.29) is 23.3 Å². The van der Waals surface area contributed by atoms with Gasteiger partial charge in [0, 0.05) is 49.0 Å². The van der Waals surface area contributed by atoms with E-state index in [1.165, 1.54) is 6.08 Å². The Bertz CT molecular complexity index is 1710. The third kappa shape index (κ3) is 5.69. The molecule has 42 heavy (non-hydrogen) atoms. The van der Waals surface area contributed by atoms with Crippen molar-refractivity contribution in [2.75, 3.05) is 35.7 Å². The fourth-order valence-electron chi connectivity index (χ4n) is 6.00. The molecule has 212 valence electrons. The van der Waals surface area contributed by atoms with E-state index < -0.39 is 0 Å². The highest BCUT2D eigenvalue weighted by Crippen LogP contribution is 2.39.